The van der Waals surface area contributed by atoms with Crippen molar-refractivity contribution >= 4 is 28.9 Å². The first-order valence-electron chi connectivity index (χ1n) is 6.84. The van der Waals surface area contributed by atoms with Gasteiger partial charge in [-0.3, -0.25) is 14.9 Å². The number of carbonyl (C=O) groups is 1. The van der Waals surface area contributed by atoms with Crippen LogP contribution in [0.25, 0.3) is 0 Å². The van der Waals surface area contributed by atoms with Gasteiger partial charge in [0.2, 0.25) is 0 Å². The molecule has 0 aliphatic carbocycles. The maximum absolute atomic E-state index is 12.8. The maximum atomic E-state index is 12.8. The van der Waals surface area contributed by atoms with Crippen LogP contribution >= 0.6 is 11.6 Å². The van der Waals surface area contributed by atoms with E-state index in [-0.39, 0.29) is 28.2 Å². The van der Waals surface area contributed by atoms with Crippen LogP contribution in [0.5, 0.6) is 0 Å². The highest BCUT2D eigenvalue weighted by Gasteiger charge is 2.34. The Hall–Kier alpha value is -2.40. The second-order valence-electron chi connectivity index (χ2n) is 5.28. The molecule has 0 saturated heterocycles. The number of nitro groups is 1. The second-order valence-corrected chi connectivity index (χ2v) is 5.71. The summed E-state index contributed by atoms with van der Waals surface area (Å²) in [6.45, 7) is 1.93. The molecule has 22 heavy (non-hydrogen) atoms. The van der Waals surface area contributed by atoms with Crippen LogP contribution in [0.2, 0.25) is 5.02 Å². The number of nitrogens with zero attached hydrogens (tertiary/aromatic N) is 2. The Balaban J connectivity index is 2.07. The van der Waals surface area contributed by atoms with Crippen LogP contribution in [0, 0.1) is 10.1 Å². The highest BCUT2D eigenvalue weighted by atomic mass is 35.5. The topological polar surface area (TPSA) is 63.5 Å². The van der Waals surface area contributed by atoms with Crippen molar-refractivity contribution in [2.45, 2.75) is 19.4 Å². The second kappa shape index (κ2) is 5.42. The van der Waals surface area contributed by atoms with Gasteiger partial charge in [-0.05, 0) is 37.1 Å². The van der Waals surface area contributed by atoms with E-state index in [4.69, 9.17) is 11.6 Å². The van der Waals surface area contributed by atoms with E-state index < -0.39 is 4.92 Å². The average Bonchev–Trinajstić information content (AvgIpc) is 2.82. The number of rotatable bonds is 2. The summed E-state index contributed by atoms with van der Waals surface area (Å²) in [5, 5.41) is 11.4. The largest absolute Gasteiger partial charge is 0.305 e. The highest BCUT2D eigenvalue weighted by molar-refractivity contribution is 6.31. The Morgan fingerprint density at radius 1 is 1.32 bits per heavy atom. The Morgan fingerprint density at radius 2 is 2.05 bits per heavy atom. The summed E-state index contributed by atoms with van der Waals surface area (Å²) < 4.78 is 0. The van der Waals surface area contributed by atoms with Gasteiger partial charge in [-0.2, -0.15) is 0 Å². The molecule has 1 aliphatic heterocycles. The fourth-order valence-corrected chi connectivity index (χ4v) is 3.01. The molecule has 2 aromatic carbocycles. The van der Waals surface area contributed by atoms with Gasteiger partial charge >= 0.3 is 0 Å². The number of para-hydroxylation sites is 1. The number of hydrogen-bond acceptors (Lipinski definition) is 3. The van der Waals surface area contributed by atoms with E-state index in [1.54, 1.807) is 4.90 Å². The van der Waals surface area contributed by atoms with Crippen LogP contribution in [0.15, 0.2) is 42.5 Å². The minimum Gasteiger partial charge on any atom is -0.305 e. The molecule has 0 fully saturated rings. The van der Waals surface area contributed by atoms with Gasteiger partial charge in [-0.1, -0.05) is 29.8 Å². The van der Waals surface area contributed by atoms with Gasteiger partial charge in [0.15, 0.2) is 0 Å². The maximum Gasteiger partial charge on any atom is 0.283 e. The van der Waals surface area contributed by atoms with Crippen LogP contribution in [0.1, 0.15) is 22.8 Å². The molecular weight excluding hydrogens is 304 g/mol. The molecule has 6 heteroatoms. The van der Waals surface area contributed by atoms with Crippen LogP contribution in [-0.2, 0) is 6.42 Å². The molecule has 1 amide bonds. The molecule has 2 aromatic rings. The first-order valence-corrected chi connectivity index (χ1v) is 7.22. The standard InChI is InChI=1S/C16H13ClN2O3/c1-10-8-11-4-2-3-5-14(11)18(10)16(20)13-7-6-12(17)9-15(13)19(21)22/h2-7,9-10H,8H2,1H3. The highest BCUT2D eigenvalue weighted by Crippen LogP contribution is 2.35. The predicted molar refractivity (Wildman–Crippen MR) is 84.5 cm³/mol. The van der Waals surface area contributed by atoms with E-state index in [0.29, 0.717) is 0 Å². The lowest BCUT2D eigenvalue weighted by atomic mass is 10.1. The van der Waals surface area contributed by atoms with Crippen molar-refractivity contribution in [3.05, 3.63) is 68.7 Å². The Morgan fingerprint density at radius 3 is 2.77 bits per heavy atom. The zero-order valence-electron chi connectivity index (χ0n) is 11.8. The number of fused-ring (bicyclic) bond motifs is 1. The summed E-state index contributed by atoms with van der Waals surface area (Å²) in [5.74, 6) is -0.374. The number of amides is 1. The molecule has 0 aromatic heterocycles. The Kier molecular flexibility index (Phi) is 3.58. The van der Waals surface area contributed by atoms with Gasteiger partial charge in [0.25, 0.3) is 11.6 Å². The predicted octanol–water partition coefficient (Wildman–Crippen LogP) is 3.84. The van der Waals surface area contributed by atoms with Gasteiger partial charge in [0, 0.05) is 22.8 Å². The number of benzene rings is 2. The van der Waals surface area contributed by atoms with E-state index in [1.807, 2.05) is 31.2 Å². The lowest BCUT2D eigenvalue weighted by Gasteiger charge is -2.22. The summed E-state index contributed by atoms with van der Waals surface area (Å²) in [7, 11) is 0. The molecule has 0 spiro atoms. The zero-order chi connectivity index (χ0) is 15.9. The first kappa shape index (κ1) is 14.5. The molecule has 3 rings (SSSR count). The Bertz CT molecular complexity index is 776. The van der Waals surface area contributed by atoms with Crippen LogP contribution in [0.4, 0.5) is 11.4 Å². The van der Waals surface area contributed by atoms with Gasteiger partial charge < -0.3 is 4.90 Å². The number of hydrogen-bond donors (Lipinski definition) is 0. The molecule has 0 saturated carbocycles. The molecule has 1 heterocycles. The van der Waals surface area contributed by atoms with E-state index >= 15 is 0 Å². The van der Waals surface area contributed by atoms with Crippen molar-refractivity contribution in [2.75, 3.05) is 4.90 Å². The molecule has 5 nitrogen and oxygen atoms in total. The van der Waals surface area contributed by atoms with Crippen LogP contribution < -0.4 is 4.90 Å². The molecule has 0 radical (unpaired) electrons. The monoisotopic (exact) mass is 316 g/mol. The van der Waals surface area contributed by atoms with Crippen molar-refractivity contribution in [1.82, 2.24) is 0 Å². The third kappa shape index (κ3) is 2.33. The lowest BCUT2D eigenvalue weighted by molar-refractivity contribution is -0.385. The average molecular weight is 317 g/mol. The summed E-state index contributed by atoms with van der Waals surface area (Å²) >= 11 is 5.81. The summed E-state index contributed by atoms with van der Waals surface area (Å²) in [6, 6.07) is 11.7. The fourth-order valence-electron chi connectivity index (χ4n) is 2.84. The first-order chi connectivity index (χ1) is 10.5. The van der Waals surface area contributed by atoms with Gasteiger partial charge in [0.1, 0.15) is 5.56 Å². The molecule has 0 N–H and O–H groups in total. The van der Waals surface area contributed by atoms with Crippen molar-refractivity contribution in [3.8, 4) is 0 Å². The molecule has 112 valence electrons. The van der Waals surface area contributed by atoms with E-state index in [1.165, 1.54) is 18.2 Å². The normalized spacial score (nSPS) is 16.5. The lowest BCUT2D eigenvalue weighted by Crippen LogP contribution is -2.36. The SMILES string of the molecule is CC1Cc2ccccc2N1C(=O)c1ccc(Cl)cc1[N+](=O)[O-]. The minimum absolute atomic E-state index is 0.0415. The van der Waals surface area contributed by atoms with E-state index in [9.17, 15) is 14.9 Å². The zero-order valence-corrected chi connectivity index (χ0v) is 12.6. The number of anilines is 1. The van der Waals surface area contributed by atoms with E-state index in [0.717, 1.165) is 17.7 Å². The van der Waals surface area contributed by atoms with Crippen molar-refractivity contribution in [2.24, 2.45) is 0 Å². The van der Waals surface area contributed by atoms with Crippen LogP contribution in [0.3, 0.4) is 0 Å². The molecular formula is C16H13ClN2O3. The van der Waals surface area contributed by atoms with Gasteiger partial charge in [0.05, 0.1) is 4.92 Å². The summed E-state index contributed by atoms with van der Waals surface area (Å²) in [4.78, 5) is 25.1. The van der Waals surface area contributed by atoms with Crippen LogP contribution in [-0.4, -0.2) is 16.9 Å². The molecule has 0 bridgehead atoms. The van der Waals surface area contributed by atoms with Gasteiger partial charge in [-0.15, -0.1) is 0 Å². The number of carbonyl (C=O) groups excluding carboxylic acids is 1. The molecule has 1 unspecified atom stereocenters. The van der Waals surface area contributed by atoms with Crippen molar-refractivity contribution in [1.29, 1.82) is 0 Å². The number of halogens is 1. The molecule has 1 aliphatic rings. The third-order valence-electron chi connectivity index (χ3n) is 3.81. The Labute approximate surface area is 132 Å². The minimum atomic E-state index is -0.578. The van der Waals surface area contributed by atoms with Gasteiger partial charge in [-0.25, -0.2) is 0 Å². The number of nitro benzene ring substituents is 1. The fraction of sp³-hybridized carbons (Fsp3) is 0.188. The smallest absolute Gasteiger partial charge is 0.283 e. The van der Waals surface area contributed by atoms with E-state index in [2.05, 4.69) is 0 Å². The summed E-state index contributed by atoms with van der Waals surface area (Å²) in [6.07, 6.45) is 0.739. The molecule has 1 atom stereocenters. The quantitative estimate of drug-likeness (QED) is 0.624. The van der Waals surface area contributed by atoms with Crippen molar-refractivity contribution in [3.63, 3.8) is 0 Å². The van der Waals surface area contributed by atoms with Crippen molar-refractivity contribution < 1.29 is 9.72 Å². The summed E-state index contributed by atoms with van der Waals surface area (Å²) in [5.41, 5.74) is 1.66. The third-order valence-corrected chi connectivity index (χ3v) is 4.05.